The van der Waals surface area contributed by atoms with E-state index in [9.17, 15) is 4.79 Å². The fraction of sp³-hybridized carbons (Fsp3) is 0.158. The SMILES string of the molecule is Cn1ncc(NCc2ccccc2COc2ccccc2Cl)c(Cl)c1=O. The van der Waals surface area contributed by atoms with E-state index < -0.39 is 0 Å². The standard InChI is InChI=1S/C19H17Cl2N3O2/c1-24-19(25)18(21)16(11-23-24)22-10-13-6-2-3-7-14(13)12-26-17-9-5-4-8-15(17)20/h2-9,11,22H,10,12H2,1H3. The molecule has 0 unspecified atom stereocenters. The van der Waals surface area contributed by atoms with Crippen molar-refractivity contribution >= 4 is 28.9 Å². The fourth-order valence-electron chi connectivity index (χ4n) is 2.41. The van der Waals surface area contributed by atoms with Crippen LogP contribution in [0.4, 0.5) is 5.69 Å². The maximum absolute atomic E-state index is 11.9. The van der Waals surface area contributed by atoms with Crippen molar-refractivity contribution in [3.05, 3.63) is 86.3 Å². The Kier molecular flexibility index (Phi) is 5.81. The molecule has 7 heteroatoms. The molecule has 0 aliphatic carbocycles. The number of aryl methyl sites for hydroxylation is 1. The lowest BCUT2D eigenvalue weighted by molar-refractivity contribution is 0.305. The van der Waals surface area contributed by atoms with Gasteiger partial charge in [0.2, 0.25) is 0 Å². The Balaban J connectivity index is 1.73. The van der Waals surface area contributed by atoms with Crippen LogP contribution in [0.5, 0.6) is 5.75 Å². The number of nitrogens with one attached hydrogen (secondary N) is 1. The van der Waals surface area contributed by atoms with Gasteiger partial charge in [-0.1, -0.05) is 59.6 Å². The minimum Gasteiger partial charge on any atom is -0.487 e. The lowest BCUT2D eigenvalue weighted by Gasteiger charge is -2.14. The number of aromatic nitrogens is 2. The Labute approximate surface area is 161 Å². The first-order valence-electron chi connectivity index (χ1n) is 7.96. The minimum absolute atomic E-state index is 0.118. The van der Waals surface area contributed by atoms with Crippen LogP contribution in [0.15, 0.2) is 59.5 Å². The zero-order chi connectivity index (χ0) is 18.5. The van der Waals surface area contributed by atoms with Crippen molar-refractivity contribution < 1.29 is 4.74 Å². The van der Waals surface area contributed by atoms with Crippen LogP contribution in [0.2, 0.25) is 10.0 Å². The highest BCUT2D eigenvalue weighted by atomic mass is 35.5. The van der Waals surface area contributed by atoms with E-state index in [0.29, 0.717) is 29.6 Å². The van der Waals surface area contributed by atoms with Crippen molar-refractivity contribution in [2.75, 3.05) is 5.32 Å². The summed E-state index contributed by atoms with van der Waals surface area (Å²) in [4.78, 5) is 11.9. The van der Waals surface area contributed by atoms with Crippen molar-refractivity contribution in [3.63, 3.8) is 0 Å². The molecule has 26 heavy (non-hydrogen) atoms. The summed E-state index contributed by atoms with van der Waals surface area (Å²) in [6.07, 6.45) is 1.53. The van der Waals surface area contributed by atoms with Crippen LogP contribution >= 0.6 is 23.2 Å². The van der Waals surface area contributed by atoms with Gasteiger partial charge in [0.25, 0.3) is 5.56 Å². The third-order valence-corrected chi connectivity index (χ3v) is 4.56. The molecule has 0 saturated heterocycles. The van der Waals surface area contributed by atoms with Crippen LogP contribution in [0.3, 0.4) is 0 Å². The Bertz CT molecular complexity index is 973. The molecule has 3 rings (SSSR count). The molecule has 3 aromatic rings. The first-order chi connectivity index (χ1) is 12.6. The van der Waals surface area contributed by atoms with Gasteiger partial charge in [0.15, 0.2) is 0 Å². The highest BCUT2D eigenvalue weighted by molar-refractivity contribution is 6.33. The number of anilines is 1. The Morgan fingerprint density at radius 3 is 2.54 bits per heavy atom. The third kappa shape index (κ3) is 4.18. The van der Waals surface area contributed by atoms with Crippen molar-refractivity contribution in [2.45, 2.75) is 13.2 Å². The number of nitrogens with zero attached hydrogens (tertiary/aromatic N) is 2. The zero-order valence-corrected chi connectivity index (χ0v) is 15.6. The van der Waals surface area contributed by atoms with Gasteiger partial charge < -0.3 is 10.1 Å². The van der Waals surface area contributed by atoms with Crippen LogP contribution in [-0.4, -0.2) is 9.78 Å². The Morgan fingerprint density at radius 2 is 1.77 bits per heavy atom. The van der Waals surface area contributed by atoms with E-state index in [2.05, 4.69) is 10.4 Å². The number of rotatable bonds is 6. The Morgan fingerprint density at radius 1 is 1.08 bits per heavy atom. The van der Waals surface area contributed by atoms with Gasteiger partial charge in [0.05, 0.1) is 16.9 Å². The van der Waals surface area contributed by atoms with Gasteiger partial charge in [0.1, 0.15) is 17.4 Å². The molecule has 0 aliphatic heterocycles. The molecular weight excluding hydrogens is 373 g/mol. The molecule has 5 nitrogen and oxygen atoms in total. The highest BCUT2D eigenvalue weighted by Crippen LogP contribution is 2.25. The summed E-state index contributed by atoms with van der Waals surface area (Å²) in [5.74, 6) is 0.635. The number of hydrogen-bond donors (Lipinski definition) is 1. The third-order valence-electron chi connectivity index (χ3n) is 3.89. The van der Waals surface area contributed by atoms with Crippen molar-refractivity contribution in [2.24, 2.45) is 7.05 Å². The number of benzene rings is 2. The average molecular weight is 390 g/mol. The summed E-state index contributed by atoms with van der Waals surface area (Å²) in [5.41, 5.74) is 2.19. The van der Waals surface area contributed by atoms with Crippen LogP contribution in [0.1, 0.15) is 11.1 Å². The minimum atomic E-state index is -0.341. The predicted octanol–water partition coefficient (Wildman–Crippen LogP) is 4.28. The first-order valence-corrected chi connectivity index (χ1v) is 8.71. The molecule has 134 valence electrons. The topological polar surface area (TPSA) is 56.1 Å². The summed E-state index contributed by atoms with van der Waals surface area (Å²) in [6, 6.07) is 15.2. The predicted molar refractivity (Wildman–Crippen MR) is 104 cm³/mol. The number of halogens is 2. The van der Waals surface area contributed by atoms with Gasteiger partial charge in [-0.2, -0.15) is 5.10 Å². The largest absolute Gasteiger partial charge is 0.487 e. The second kappa shape index (κ2) is 8.25. The number of ether oxygens (including phenoxy) is 1. The number of hydrogen-bond acceptors (Lipinski definition) is 4. The van der Waals surface area contributed by atoms with E-state index in [4.69, 9.17) is 27.9 Å². The molecule has 2 aromatic carbocycles. The molecule has 1 heterocycles. The zero-order valence-electron chi connectivity index (χ0n) is 14.1. The first kappa shape index (κ1) is 18.3. The van der Waals surface area contributed by atoms with Crippen molar-refractivity contribution in [1.29, 1.82) is 0 Å². The van der Waals surface area contributed by atoms with E-state index in [0.717, 1.165) is 11.1 Å². The molecule has 0 saturated carbocycles. The number of para-hydroxylation sites is 1. The lowest BCUT2D eigenvalue weighted by atomic mass is 10.1. The van der Waals surface area contributed by atoms with Crippen LogP contribution in [0, 0.1) is 0 Å². The molecule has 1 aromatic heterocycles. The van der Waals surface area contributed by atoms with E-state index in [-0.39, 0.29) is 10.6 Å². The second-order valence-corrected chi connectivity index (χ2v) is 6.43. The molecule has 0 fully saturated rings. The van der Waals surface area contributed by atoms with Gasteiger partial charge >= 0.3 is 0 Å². The van der Waals surface area contributed by atoms with Crippen LogP contribution < -0.4 is 15.6 Å². The highest BCUT2D eigenvalue weighted by Gasteiger charge is 2.09. The summed E-state index contributed by atoms with van der Waals surface area (Å²) in [6.45, 7) is 0.862. The Hall–Kier alpha value is -2.50. The quantitative estimate of drug-likeness (QED) is 0.683. The molecule has 1 N–H and O–H groups in total. The summed E-state index contributed by atoms with van der Waals surface area (Å²) in [5, 5.41) is 7.82. The molecule has 0 spiro atoms. The van der Waals surface area contributed by atoms with Gasteiger partial charge in [-0.05, 0) is 23.3 Å². The van der Waals surface area contributed by atoms with E-state index in [1.54, 1.807) is 13.1 Å². The van der Waals surface area contributed by atoms with Crippen LogP contribution in [0.25, 0.3) is 0 Å². The molecule has 0 bridgehead atoms. The molecule has 0 radical (unpaired) electrons. The summed E-state index contributed by atoms with van der Waals surface area (Å²) in [7, 11) is 1.55. The van der Waals surface area contributed by atoms with E-state index >= 15 is 0 Å². The fourth-order valence-corrected chi connectivity index (χ4v) is 2.84. The average Bonchev–Trinajstić information content (AvgIpc) is 2.66. The van der Waals surface area contributed by atoms with E-state index in [1.807, 2.05) is 42.5 Å². The normalized spacial score (nSPS) is 10.6. The lowest BCUT2D eigenvalue weighted by Crippen LogP contribution is -2.21. The maximum atomic E-state index is 11.9. The van der Waals surface area contributed by atoms with E-state index in [1.165, 1.54) is 10.9 Å². The molecular formula is C19H17Cl2N3O2. The molecule has 0 amide bonds. The summed E-state index contributed by atoms with van der Waals surface area (Å²) < 4.78 is 7.02. The van der Waals surface area contributed by atoms with Gasteiger partial charge in [0, 0.05) is 13.6 Å². The smallest absolute Gasteiger partial charge is 0.287 e. The second-order valence-electron chi connectivity index (χ2n) is 5.64. The van der Waals surface area contributed by atoms with Gasteiger partial charge in [-0.3, -0.25) is 4.79 Å². The van der Waals surface area contributed by atoms with Gasteiger partial charge in [-0.15, -0.1) is 0 Å². The van der Waals surface area contributed by atoms with Crippen molar-refractivity contribution in [3.8, 4) is 5.75 Å². The molecule has 0 atom stereocenters. The van der Waals surface area contributed by atoms with Gasteiger partial charge in [-0.25, -0.2) is 4.68 Å². The van der Waals surface area contributed by atoms with Crippen LogP contribution in [-0.2, 0) is 20.2 Å². The molecule has 0 aliphatic rings. The van der Waals surface area contributed by atoms with Crippen molar-refractivity contribution in [1.82, 2.24) is 9.78 Å². The monoisotopic (exact) mass is 389 g/mol. The maximum Gasteiger partial charge on any atom is 0.287 e. The summed E-state index contributed by atoms with van der Waals surface area (Å²) >= 11 is 12.2.